The van der Waals surface area contributed by atoms with Crippen molar-refractivity contribution in [2.24, 2.45) is 11.7 Å². The number of anilines is 1. The summed E-state index contributed by atoms with van der Waals surface area (Å²) < 4.78 is 10.9. The maximum absolute atomic E-state index is 12.5. The van der Waals surface area contributed by atoms with Crippen molar-refractivity contribution in [3.05, 3.63) is 29.3 Å². The maximum atomic E-state index is 12.5. The Labute approximate surface area is 157 Å². The zero-order valence-electron chi connectivity index (χ0n) is 15.3. The molecule has 2 rings (SSSR count). The summed E-state index contributed by atoms with van der Waals surface area (Å²) in [5.41, 5.74) is 9.00. The van der Waals surface area contributed by atoms with Gasteiger partial charge in [0.1, 0.15) is 0 Å². The van der Waals surface area contributed by atoms with Gasteiger partial charge in [0, 0.05) is 24.3 Å². The van der Waals surface area contributed by atoms with Gasteiger partial charge in [-0.1, -0.05) is 18.6 Å². The number of carbonyl (C=O) groups is 1. The van der Waals surface area contributed by atoms with E-state index in [1.165, 1.54) is 0 Å². The zero-order valence-corrected chi connectivity index (χ0v) is 16.1. The van der Waals surface area contributed by atoms with E-state index < -0.39 is 0 Å². The first kappa shape index (κ1) is 21.9. The van der Waals surface area contributed by atoms with Crippen molar-refractivity contribution in [2.45, 2.75) is 52.2 Å². The molecule has 25 heavy (non-hydrogen) atoms. The molecule has 1 aliphatic rings. The van der Waals surface area contributed by atoms with Gasteiger partial charge >= 0.3 is 0 Å². The molecule has 1 aromatic carbocycles. The summed E-state index contributed by atoms with van der Waals surface area (Å²) in [6.45, 7) is 6.39. The van der Waals surface area contributed by atoms with Crippen LogP contribution in [-0.4, -0.2) is 31.8 Å². The number of halogens is 1. The number of rotatable bonds is 8. The zero-order chi connectivity index (χ0) is 17.4. The van der Waals surface area contributed by atoms with E-state index in [-0.39, 0.29) is 30.3 Å². The van der Waals surface area contributed by atoms with Gasteiger partial charge in [-0.15, -0.1) is 12.4 Å². The minimum absolute atomic E-state index is 0. The molecule has 3 N–H and O–H groups in total. The van der Waals surface area contributed by atoms with Gasteiger partial charge in [-0.2, -0.15) is 0 Å². The molecular formula is C19H31ClN2O3. The van der Waals surface area contributed by atoms with Crippen LogP contribution in [0.25, 0.3) is 0 Å². The fraction of sp³-hybridized carbons (Fsp3) is 0.632. The van der Waals surface area contributed by atoms with E-state index in [0.717, 1.165) is 42.5 Å². The van der Waals surface area contributed by atoms with Gasteiger partial charge in [-0.3, -0.25) is 4.79 Å². The fourth-order valence-corrected chi connectivity index (χ4v) is 3.12. The number of nitrogens with one attached hydrogen (secondary N) is 1. The van der Waals surface area contributed by atoms with E-state index in [1.807, 2.05) is 32.0 Å². The van der Waals surface area contributed by atoms with Crippen molar-refractivity contribution in [1.82, 2.24) is 0 Å². The number of hydrogen-bond acceptors (Lipinski definition) is 4. The van der Waals surface area contributed by atoms with E-state index in [2.05, 4.69) is 5.32 Å². The normalized spacial score (nSPS) is 20.0. The second-order valence-electron chi connectivity index (χ2n) is 6.45. The average molecular weight is 371 g/mol. The Morgan fingerprint density at radius 3 is 2.76 bits per heavy atom. The van der Waals surface area contributed by atoms with Crippen LogP contribution >= 0.6 is 12.4 Å². The van der Waals surface area contributed by atoms with Gasteiger partial charge in [-0.25, -0.2) is 0 Å². The summed E-state index contributed by atoms with van der Waals surface area (Å²) in [6, 6.07) is 6.08. The SMILES string of the molecule is CCOCCOCc1cccc(NC(=O)C2CCCC(N)C2)c1C.Cl. The van der Waals surface area contributed by atoms with E-state index in [0.29, 0.717) is 26.4 Å². The van der Waals surface area contributed by atoms with Crippen LogP contribution in [0.2, 0.25) is 0 Å². The topological polar surface area (TPSA) is 73.6 Å². The van der Waals surface area contributed by atoms with Crippen LogP contribution in [0.3, 0.4) is 0 Å². The Hall–Kier alpha value is -1.14. The molecule has 0 aliphatic heterocycles. The standard InChI is InChI=1S/C19H30N2O3.ClH/c1-3-23-10-11-24-13-16-7-5-9-18(14(16)2)21-19(22)15-6-4-8-17(20)12-15;/h5,7,9,15,17H,3-4,6,8,10-13,20H2,1-2H3,(H,21,22);1H. The quantitative estimate of drug-likeness (QED) is 0.687. The van der Waals surface area contributed by atoms with Crippen LogP contribution in [0.1, 0.15) is 43.7 Å². The van der Waals surface area contributed by atoms with Crippen molar-refractivity contribution < 1.29 is 14.3 Å². The molecule has 6 heteroatoms. The predicted octanol–water partition coefficient (Wildman–Crippen LogP) is 3.43. The van der Waals surface area contributed by atoms with Gasteiger partial charge in [0.25, 0.3) is 0 Å². The lowest BCUT2D eigenvalue weighted by Gasteiger charge is -2.26. The van der Waals surface area contributed by atoms with Crippen molar-refractivity contribution in [3.8, 4) is 0 Å². The van der Waals surface area contributed by atoms with Crippen LogP contribution in [0, 0.1) is 12.8 Å². The van der Waals surface area contributed by atoms with E-state index in [1.54, 1.807) is 0 Å². The smallest absolute Gasteiger partial charge is 0.227 e. The number of hydrogen-bond donors (Lipinski definition) is 2. The van der Waals surface area contributed by atoms with Gasteiger partial charge in [-0.05, 0) is 50.3 Å². The molecule has 0 radical (unpaired) electrons. The van der Waals surface area contributed by atoms with Crippen LogP contribution < -0.4 is 11.1 Å². The molecule has 1 fully saturated rings. The molecule has 1 aliphatic carbocycles. The third-order valence-corrected chi connectivity index (χ3v) is 4.62. The lowest BCUT2D eigenvalue weighted by Crippen LogP contribution is -2.34. The van der Waals surface area contributed by atoms with Gasteiger partial charge in [0.05, 0.1) is 19.8 Å². The molecule has 5 nitrogen and oxygen atoms in total. The highest BCUT2D eigenvalue weighted by Gasteiger charge is 2.25. The molecule has 0 bridgehead atoms. The lowest BCUT2D eigenvalue weighted by molar-refractivity contribution is -0.120. The summed E-state index contributed by atoms with van der Waals surface area (Å²) in [7, 11) is 0. The first-order chi connectivity index (χ1) is 11.6. The molecule has 1 saturated carbocycles. The molecule has 0 heterocycles. The minimum Gasteiger partial charge on any atom is -0.379 e. The summed E-state index contributed by atoms with van der Waals surface area (Å²) in [4.78, 5) is 12.5. The Morgan fingerprint density at radius 1 is 1.28 bits per heavy atom. The number of carbonyl (C=O) groups excluding carboxylic acids is 1. The van der Waals surface area contributed by atoms with Crippen molar-refractivity contribution in [2.75, 3.05) is 25.1 Å². The molecule has 1 amide bonds. The molecule has 1 aromatic rings. The molecule has 142 valence electrons. The Bertz CT molecular complexity index is 539. The summed E-state index contributed by atoms with van der Waals surface area (Å²) in [6.07, 6.45) is 3.77. The second-order valence-corrected chi connectivity index (χ2v) is 6.45. The first-order valence-corrected chi connectivity index (χ1v) is 8.92. The predicted molar refractivity (Wildman–Crippen MR) is 103 cm³/mol. The van der Waals surface area contributed by atoms with Gasteiger partial charge < -0.3 is 20.5 Å². The van der Waals surface area contributed by atoms with Gasteiger partial charge in [0.2, 0.25) is 5.91 Å². The van der Waals surface area contributed by atoms with Crippen molar-refractivity contribution >= 4 is 24.0 Å². The number of benzene rings is 1. The van der Waals surface area contributed by atoms with Crippen molar-refractivity contribution in [3.63, 3.8) is 0 Å². The molecule has 2 atom stereocenters. The third-order valence-electron chi connectivity index (χ3n) is 4.62. The second kappa shape index (κ2) is 11.5. The molecular weight excluding hydrogens is 340 g/mol. The monoisotopic (exact) mass is 370 g/mol. The summed E-state index contributed by atoms with van der Waals surface area (Å²) in [5, 5.41) is 3.08. The summed E-state index contributed by atoms with van der Waals surface area (Å²) >= 11 is 0. The number of amides is 1. The Kier molecular flexibility index (Phi) is 10.0. The van der Waals surface area contributed by atoms with Crippen LogP contribution in [0.15, 0.2) is 18.2 Å². The fourth-order valence-electron chi connectivity index (χ4n) is 3.12. The van der Waals surface area contributed by atoms with E-state index >= 15 is 0 Å². The van der Waals surface area contributed by atoms with Crippen LogP contribution in [0.5, 0.6) is 0 Å². The first-order valence-electron chi connectivity index (χ1n) is 8.92. The van der Waals surface area contributed by atoms with Crippen molar-refractivity contribution in [1.29, 1.82) is 0 Å². The summed E-state index contributed by atoms with van der Waals surface area (Å²) in [5.74, 6) is 0.113. The Balaban J connectivity index is 0.00000312. The highest BCUT2D eigenvalue weighted by Crippen LogP contribution is 2.26. The number of nitrogens with two attached hydrogens (primary N) is 1. The largest absolute Gasteiger partial charge is 0.379 e. The molecule has 0 spiro atoms. The number of ether oxygens (including phenoxy) is 2. The van der Waals surface area contributed by atoms with E-state index in [9.17, 15) is 4.79 Å². The maximum Gasteiger partial charge on any atom is 0.227 e. The van der Waals surface area contributed by atoms with Gasteiger partial charge in [0.15, 0.2) is 0 Å². The van der Waals surface area contributed by atoms with E-state index in [4.69, 9.17) is 15.2 Å². The molecule has 2 unspecified atom stereocenters. The minimum atomic E-state index is 0. The average Bonchev–Trinajstić information content (AvgIpc) is 2.57. The van der Waals surface area contributed by atoms with Crippen LogP contribution in [0.4, 0.5) is 5.69 Å². The highest BCUT2D eigenvalue weighted by molar-refractivity contribution is 5.93. The lowest BCUT2D eigenvalue weighted by atomic mass is 9.85. The Morgan fingerprint density at radius 2 is 2.04 bits per heavy atom. The van der Waals surface area contributed by atoms with Crippen LogP contribution in [-0.2, 0) is 20.9 Å². The molecule has 0 saturated heterocycles. The third kappa shape index (κ3) is 6.94. The molecule has 0 aromatic heterocycles. The highest BCUT2D eigenvalue weighted by atomic mass is 35.5.